The lowest BCUT2D eigenvalue weighted by molar-refractivity contribution is -0.132. The molecular weight excluding hydrogens is 156 g/mol. The molecule has 4 heteroatoms. The van der Waals surface area contributed by atoms with E-state index in [4.69, 9.17) is 5.11 Å². The minimum atomic E-state index is -0.892. The minimum Gasteiger partial charge on any atom is -0.478 e. The van der Waals surface area contributed by atoms with Crippen molar-refractivity contribution in [2.24, 2.45) is 4.99 Å². The van der Waals surface area contributed by atoms with Gasteiger partial charge in [0, 0.05) is 12.4 Å². The highest BCUT2D eigenvalue weighted by Gasteiger charge is 2.20. The number of carboxylic acid groups (broad SMARTS) is 1. The molecule has 1 N–H and O–H groups in total. The summed E-state index contributed by atoms with van der Waals surface area (Å²) in [4.78, 5) is 16.6. The number of aliphatic imine (C=N–C) groups is 1. The monoisotopic (exact) mass is 164 g/mol. The number of carbonyl (C=O) groups is 1. The maximum Gasteiger partial charge on any atom is 0.337 e. The Morgan fingerprint density at radius 2 is 2.58 bits per heavy atom. The Labute approximate surface area is 69.5 Å². The van der Waals surface area contributed by atoms with Crippen LogP contribution in [0.1, 0.15) is 0 Å². The predicted molar refractivity (Wildman–Crippen MR) is 43.8 cm³/mol. The van der Waals surface area contributed by atoms with Gasteiger partial charge in [-0.15, -0.1) is 0 Å². The molecule has 4 nitrogen and oxygen atoms in total. The second kappa shape index (κ2) is 2.48. The number of rotatable bonds is 1. The van der Waals surface area contributed by atoms with Crippen molar-refractivity contribution >= 4 is 12.2 Å². The normalized spacial score (nSPS) is 25.5. The lowest BCUT2D eigenvalue weighted by Crippen LogP contribution is -2.26. The van der Waals surface area contributed by atoms with E-state index in [1.54, 1.807) is 24.6 Å². The molecule has 2 rings (SSSR count). The van der Waals surface area contributed by atoms with E-state index in [-0.39, 0.29) is 6.17 Å². The first-order chi connectivity index (χ1) is 5.77. The highest BCUT2D eigenvalue weighted by molar-refractivity contribution is 5.90. The molecule has 0 bridgehead atoms. The average molecular weight is 164 g/mol. The molecule has 0 radical (unpaired) electrons. The van der Waals surface area contributed by atoms with Gasteiger partial charge in [0.1, 0.15) is 6.17 Å². The van der Waals surface area contributed by atoms with Gasteiger partial charge in [-0.3, -0.25) is 4.99 Å². The Bertz CT molecular complexity index is 304. The van der Waals surface area contributed by atoms with Gasteiger partial charge in [-0.2, -0.15) is 0 Å². The zero-order chi connectivity index (χ0) is 8.55. The fourth-order valence-corrected chi connectivity index (χ4v) is 1.27. The summed E-state index contributed by atoms with van der Waals surface area (Å²) < 4.78 is 0. The van der Waals surface area contributed by atoms with Gasteiger partial charge >= 0.3 is 5.97 Å². The number of fused-ring (bicyclic) bond motifs is 1. The third-order valence-electron chi connectivity index (χ3n) is 1.89. The fraction of sp³-hybridized carbons (Fsp3) is 0.250. The van der Waals surface area contributed by atoms with Gasteiger partial charge < -0.3 is 10.0 Å². The van der Waals surface area contributed by atoms with E-state index in [0.29, 0.717) is 12.1 Å². The van der Waals surface area contributed by atoms with Crippen molar-refractivity contribution in [3.05, 3.63) is 23.9 Å². The highest BCUT2D eigenvalue weighted by Crippen LogP contribution is 2.16. The van der Waals surface area contributed by atoms with E-state index >= 15 is 0 Å². The Kier molecular flexibility index (Phi) is 1.46. The maximum atomic E-state index is 10.6. The van der Waals surface area contributed by atoms with Crippen LogP contribution in [0.3, 0.4) is 0 Å². The van der Waals surface area contributed by atoms with E-state index in [2.05, 4.69) is 4.99 Å². The molecule has 62 valence electrons. The first kappa shape index (κ1) is 7.09. The van der Waals surface area contributed by atoms with Gasteiger partial charge in [0.25, 0.3) is 0 Å². The zero-order valence-corrected chi connectivity index (χ0v) is 6.34. The Hall–Kier alpha value is -1.58. The maximum absolute atomic E-state index is 10.6. The van der Waals surface area contributed by atoms with Crippen LogP contribution < -0.4 is 0 Å². The smallest absolute Gasteiger partial charge is 0.337 e. The van der Waals surface area contributed by atoms with Crippen LogP contribution in [0.5, 0.6) is 0 Å². The van der Waals surface area contributed by atoms with Crippen molar-refractivity contribution in [1.82, 2.24) is 4.90 Å². The molecule has 2 heterocycles. The van der Waals surface area contributed by atoms with Crippen LogP contribution in [-0.2, 0) is 4.79 Å². The topological polar surface area (TPSA) is 52.9 Å². The van der Waals surface area contributed by atoms with Gasteiger partial charge in [-0.05, 0) is 12.2 Å². The molecule has 2 aliphatic heterocycles. The molecule has 1 unspecified atom stereocenters. The van der Waals surface area contributed by atoms with Gasteiger partial charge in [0.05, 0.1) is 12.1 Å². The van der Waals surface area contributed by atoms with Crippen LogP contribution in [0.4, 0.5) is 0 Å². The molecule has 0 saturated carbocycles. The summed E-state index contributed by atoms with van der Waals surface area (Å²) in [6.45, 7) is 0.700. The van der Waals surface area contributed by atoms with Crippen LogP contribution in [-0.4, -0.2) is 34.9 Å². The summed E-state index contributed by atoms with van der Waals surface area (Å²) in [5.41, 5.74) is 0.316. The molecule has 0 aromatic carbocycles. The first-order valence-corrected chi connectivity index (χ1v) is 3.68. The van der Waals surface area contributed by atoms with Gasteiger partial charge in [0.2, 0.25) is 0 Å². The van der Waals surface area contributed by atoms with Crippen molar-refractivity contribution in [1.29, 1.82) is 0 Å². The molecule has 0 aromatic rings. The van der Waals surface area contributed by atoms with Crippen LogP contribution in [0.25, 0.3) is 0 Å². The van der Waals surface area contributed by atoms with Gasteiger partial charge in [-0.1, -0.05) is 0 Å². The summed E-state index contributed by atoms with van der Waals surface area (Å²) in [6, 6.07) is 0. The Balaban J connectivity index is 2.23. The van der Waals surface area contributed by atoms with Crippen LogP contribution in [0.15, 0.2) is 28.9 Å². The number of hydrogen-bond acceptors (Lipinski definition) is 3. The molecule has 0 saturated heterocycles. The SMILES string of the molecule is O=C(O)C1=CN2CC=NC2C=C1. The van der Waals surface area contributed by atoms with E-state index in [1.165, 1.54) is 0 Å². The van der Waals surface area contributed by atoms with Crippen molar-refractivity contribution in [3.8, 4) is 0 Å². The van der Waals surface area contributed by atoms with E-state index < -0.39 is 5.97 Å². The summed E-state index contributed by atoms with van der Waals surface area (Å²) in [5, 5.41) is 8.67. The number of aliphatic carboxylic acids is 1. The molecule has 0 fully saturated rings. The number of carboxylic acids is 1. The van der Waals surface area contributed by atoms with E-state index in [1.807, 2.05) is 4.90 Å². The molecule has 0 spiro atoms. The molecule has 0 amide bonds. The second-order valence-corrected chi connectivity index (χ2v) is 2.69. The minimum absolute atomic E-state index is 0.0214. The van der Waals surface area contributed by atoms with Crippen LogP contribution in [0, 0.1) is 0 Å². The van der Waals surface area contributed by atoms with Crippen LogP contribution >= 0.6 is 0 Å². The van der Waals surface area contributed by atoms with Crippen molar-refractivity contribution in [2.45, 2.75) is 6.17 Å². The quantitative estimate of drug-likeness (QED) is 0.603. The molecule has 0 aromatic heterocycles. The summed E-state index contributed by atoms with van der Waals surface area (Å²) in [7, 11) is 0. The Morgan fingerprint density at radius 1 is 1.75 bits per heavy atom. The second-order valence-electron chi connectivity index (χ2n) is 2.69. The van der Waals surface area contributed by atoms with E-state index in [9.17, 15) is 4.79 Å². The van der Waals surface area contributed by atoms with Crippen molar-refractivity contribution in [3.63, 3.8) is 0 Å². The number of hydrogen-bond donors (Lipinski definition) is 1. The summed E-state index contributed by atoms with van der Waals surface area (Å²) >= 11 is 0. The van der Waals surface area contributed by atoms with Gasteiger partial charge in [0.15, 0.2) is 0 Å². The third-order valence-corrected chi connectivity index (χ3v) is 1.89. The number of nitrogens with zero attached hydrogens (tertiary/aromatic N) is 2. The molecule has 0 aliphatic carbocycles. The molecular formula is C8H8N2O2. The zero-order valence-electron chi connectivity index (χ0n) is 6.34. The van der Waals surface area contributed by atoms with Crippen molar-refractivity contribution in [2.75, 3.05) is 6.54 Å². The lowest BCUT2D eigenvalue weighted by Gasteiger charge is -2.21. The highest BCUT2D eigenvalue weighted by atomic mass is 16.4. The van der Waals surface area contributed by atoms with Gasteiger partial charge in [-0.25, -0.2) is 4.79 Å². The largest absolute Gasteiger partial charge is 0.478 e. The fourth-order valence-electron chi connectivity index (χ4n) is 1.27. The van der Waals surface area contributed by atoms with Crippen LogP contribution in [0.2, 0.25) is 0 Å². The predicted octanol–water partition coefficient (Wildman–Crippen LogP) is 0.237. The first-order valence-electron chi connectivity index (χ1n) is 3.68. The average Bonchev–Trinajstić information content (AvgIpc) is 2.49. The molecule has 2 aliphatic rings. The molecule has 12 heavy (non-hydrogen) atoms. The third kappa shape index (κ3) is 1.01. The standard InChI is InChI=1S/C8H8N2O2/c11-8(12)6-1-2-7-9-3-4-10(7)5-6/h1-3,5,7H,4H2,(H,11,12). The summed E-state index contributed by atoms with van der Waals surface area (Å²) in [5.74, 6) is -0.892. The van der Waals surface area contributed by atoms with Crippen molar-refractivity contribution < 1.29 is 9.90 Å². The van der Waals surface area contributed by atoms with E-state index in [0.717, 1.165) is 0 Å². The summed E-state index contributed by atoms with van der Waals surface area (Å²) in [6.07, 6.45) is 6.81. The molecule has 1 atom stereocenters. The Morgan fingerprint density at radius 3 is 3.33 bits per heavy atom. The lowest BCUT2D eigenvalue weighted by atomic mass is 10.2.